The van der Waals surface area contributed by atoms with Crippen LogP contribution < -0.4 is 11.1 Å². The van der Waals surface area contributed by atoms with E-state index in [4.69, 9.17) is 17.3 Å². The number of nitrogens with two attached hydrogens (primary N) is 1. The molecule has 110 valence electrons. The first kappa shape index (κ1) is 15.6. The summed E-state index contributed by atoms with van der Waals surface area (Å²) in [4.78, 5) is 16.2. The normalized spacial score (nSPS) is 12.0. The summed E-state index contributed by atoms with van der Waals surface area (Å²) in [5.41, 5.74) is 6.22. The second-order valence-electron chi connectivity index (χ2n) is 4.30. The largest absolute Gasteiger partial charge is 0.397 e. The fraction of sp³-hybridized carbons (Fsp3) is 0.143. The number of anilines is 2. The fourth-order valence-electron chi connectivity index (χ4n) is 1.55. The number of rotatable bonds is 4. The van der Waals surface area contributed by atoms with Crippen molar-refractivity contribution in [2.24, 2.45) is 0 Å². The molecule has 21 heavy (non-hydrogen) atoms. The van der Waals surface area contributed by atoms with Gasteiger partial charge in [-0.3, -0.25) is 4.79 Å². The van der Waals surface area contributed by atoms with E-state index in [9.17, 15) is 9.18 Å². The molecule has 2 aromatic rings. The van der Waals surface area contributed by atoms with Crippen LogP contribution in [0.1, 0.15) is 6.92 Å². The first-order valence-electron chi connectivity index (χ1n) is 6.10. The molecule has 0 aliphatic rings. The van der Waals surface area contributed by atoms with Crippen molar-refractivity contribution < 1.29 is 9.18 Å². The van der Waals surface area contributed by atoms with Crippen molar-refractivity contribution in [3.8, 4) is 0 Å². The van der Waals surface area contributed by atoms with E-state index in [2.05, 4.69) is 10.3 Å². The van der Waals surface area contributed by atoms with Crippen LogP contribution in [0.5, 0.6) is 0 Å². The fourth-order valence-corrected chi connectivity index (χ4v) is 2.45. The number of hydrogen-bond acceptors (Lipinski definition) is 4. The number of hydrogen-bond donors (Lipinski definition) is 2. The minimum atomic E-state index is -0.446. The molecule has 0 aliphatic heterocycles. The van der Waals surface area contributed by atoms with E-state index in [1.807, 2.05) is 0 Å². The molecule has 4 nitrogen and oxygen atoms in total. The first-order chi connectivity index (χ1) is 9.95. The van der Waals surface area contributed by atoms with Crippen LogP contribution in [0.2, 0.25) is 5.02 Å². The number of carbonyl (C=O) groups is 1. The molecule has 7 heteroatoms. The van der Waals surface area contributed by atoms with Crippen molar-refractivity contribution in [1.82, 2.24) is 4.98 Å². The molecule has 0 saturated carbocycles. The standard InChI is InChI=1S/C14H13ClFN3OS/c1-8(21-13-5-2-9(15)7-18-13)14(20)19-12-4-3-10(16)6-11(12)17/h2-8H,17H2,1H3,(H,19,20). The van der Waals surface area contributed by atoms with E-state index < -0.39 is 5.82 Å². The number of halogens is 2. The van der Waals surface area contributed by atoms with Gasteiger partial charge in [-0.15, -0.1) is 0 Å². The molecule has 1 unspecified atom stereocenters. The molecule has 3 N–H and O–H groups in total. The van der Waals surface area contributed by atoms with Crippen molar-refractivity contribution in [3.63, 3.8) is 0 Å². The van der Waals surface area contributed by atoms with Crippen LogP contribution in [0.3, 0.4) is 0 Å². The summed E-state index contributed by atoms with van der Waals surface area (Å²) >= 11 is 7.04. The highest BCUT2D eigenvalue weighted by molar-refractivity contribution is 8.00. The van der Waals surface area contributed by atoms with Gasteiger partial charge in [-0.1, -0.05) is 23.4 Å². The second kappa shape index (κ2) is 6.78. The average Bonchev–Trinajstić information content (AvgIpc) is 2.44. The summed E-state index contributed by atoms with van der Waals surface area (Å²) < 4.78 is 12.9. The maximum Gasteiger partial charge on any atom is 0.237 e. The number of aromatic nitrogens is 1. The number of carbonyl (C=O) groups excluding carboxylic acids is 1. The molecule has 1 atom stereocenters. The molecule has 0 radical (unpaired) electrons. The Kier molecular flexibility index (Phi) is 5.03. The van der Waals surface area contributed by atoms with Gasteiger partial charge < -0.3 is 11.1 Å². The van der Waals surface area contributed by atoms with E-state index >= 15 is 0 Å². The van der Waals surface area contributed by atoms with Crippen molar-refractivity contribution >= 4 is 40.6 Å². The summed E-state index contributed by atoms with van der Waals surface area (Å²) in [5, 5.41) is 3.50. The summed E-state index contributed by atoms with van der Waals surface area (Å²) in [6.45, 7) is 1.75. The third-order valence-corrected chi connectivity index (χ3v) is 3.91. The lowest BCUT2D eigenvalue weighted by Gasteiger charge is -2.13. The lowest BCUT2D eigenvalue weighted by Crippen LogP contribution is -2.23. The van der Waals surface area contributed by atoms with E-state index in [0.717, 1.165) is 6.07 Å². The van der Waals surface area contributed by atoms with Crippen LogP contribution in [0.25, 0.3) is 0 Å². The third-order valence-electron chi connectivity index (χ3n) is 2.64. The van der Waals surface area contributed by atoms with Gasteiger partial charge in [0.1, 0.15) is 5.82 Å². The maximum absolute atomic E-state index is 12.9. The lowest BCUT2D eigenvalue weighted by atomic mass is 10.2. The Hall–Kier alpha value is -1.79. The number of amides is 1. The number of benzene rings is 1. The molecule has 1 amide bonds. The molecule has 1 heterocycles. The van der Waals surface area contributed by atoms with E-state index in [1.165, 1.54) is 30.1 Å². The Labute approximate surface area is 130 Å². The molecule has 1 aromatic heterocycles. The predicted molar refractivity (Wildman–Crippen MR) is 84.0 cm³/mol. The Morgan fingerprint density at radius 3 is 2.81 bits per heavy atom. The number of thioether (sulfide) groups is 1. The minimum Gasteiger partial charge on any atom is -0.397 e. The van der Waals surface area contributed by atoms with Crippen LogP contribution in [-0.4, -0.2) is 16.1 Å². The lowest BCUT2D eigenvalue weighted by molar-refractivity contribution is -0.115. The van der Waals surface area contributed by atoms with Gasteiger partial charge in [-0.2, -0.15) is 0 Å². The van der Waals surface area contributed by atoms with E-state index in [0.29, 0.717) is 15.7 Å². The summed E-state index contributed by atoms with van der Waals surface area (Å²) in [5.74, 6) is -0.687. The van der Waals surface area contributed by atoms with E-state index in [1.54, 1.807) is 19.1 Å². The second-order valence-corrected chi connectivity index (χ2v) is 6.09. The van der Waals surface area contributed by atoms with Gasteiger partial charge in [-0.05, 0) is 37.3 Å². The van der Waals surface area contributed by atoms with Gasteiger partial charge in [0.05, 0.1) is 26.7 Å². The van der Waals surface area contributed by atoms with Gasteiger partial charge in [0.25, 0.3) is 0 Å². The topological polar surface area (TPSA) is 68.0 Å². The minimum absolute atomic E-state index is 0.185. The maximum atomic E-state index is 12.9. The number of pyridine rings is 1. The zero-order valence-electron chi connectivity index (χ0n) is 11.1. The van der Waals surface area contributed by atoms with Gasteiger partial charge in [0.15, 0.2) is 0 Å². The smallest absolute Gasteiger partial charge is 0.237 e. The summed E-state index contributed by atoms with van der Waals surface area (Å²) in [6.07, 6.45) is 1.52. The van der Waals surface area contributed by atoms with Crippen molar-refractivity contribution in [1.29, 1.82) is 0 Å². The highest BCUT2D eigenvalue weighted by Gasteiger charge is 2.16. The quantitative estimate of drug-likeness (QED) is 0.666. The van der Waals surface area contributed by atoms with Crippen LogP contribution in [0.4, 0.5) is 15.8 Å². The Morgan fingerprint density at radius 1 is 1.43 bits per heavy atom. The molecular formula is C14H13ClFN3OS. The van der Waals surface area contributed by atoms with Crippen LogP contribution in [0, 0.1) is 5.82 Å². The average molecular weight is 326 g/mol. The van der Waals surface area contributed by atoms with Crippen LogP contribution in [0.15, 0.2) is 41.6 Å². The first-order valence-corrected chi connectivity index (χ1v) is 7.35. The highest BCUT2D eigenvalue weighted by atomic mass is 35.5. The molecular weight excluding hydrogens is 313 g/mol. The van der Waals surface area contributed by atoms with Crippen LogP contribution in [-0.2, 0) is 4.79 Å². The third kappa shape index (κ3) is 4.34. The van der Waals surface area contributed by atoms with Crippen LogP contribution >= 0.6 is 23.4 Å². The van der Waals surface area contributed by atoms with Crippen molar-refractivity contribution in [2.45, 2.75) is 17.2 Å². The molecule has 0 bridgehead atoms. The summed E-state index contributed by atoms with van der Waals surface area (Å²) in [7, 11) is 0. The Balaban J connectivity index is 2.00. The van der Waals surface area contributed by atoms with Crippen molar-refractivity contribution in [3.05, 3.63) is 47.4 Å². The molecule has 0 spiro atoms. The van der Waals surface area contributed by atoms with Gasteiger partial charge in [-0.25, -0.2) is 9.37 Å². The van der Waals surface area contributed by atoms with Gasteiger partial charge >= 0.3 is 0 Å². The molecule has 0 saturated heterocycles. The molecule has 0 aliphatic carbocycles. The predicted octanol–water partition coefficient (Wildman–Crippen LogP) is 3.58. The highest BCUT2D eigenvalue weighted by Crippen LogP contribution is 2.25. The van der Waals surface area contributed by atoms with Crippen molar-refractivity contribution in [2.75, 3.05) is 11.1 Å². The monoisotopic (exact) mass is 325 g/mol. The number of nitrogen functional groups attached to an aromatic ring is 1. The number of nitrogens with one attached hydrogen (secondary N) is 1. The number of nitrogens with zero attached hydrogens (tertiary/aromatic N) is 1. The van der Waals surface area contributed by atoms with E-state index in [-0.39, 0.29) is 16.8 Å². The zero-order valence-corrected chi connectivity index (χ0v) is 12.7. The zero-order chi connectivity index (χ0) is 15.4. The Morgan fingerprint density at radius 2 is 2.19 bits per heavy atom. The van der Waals surface area contributed by atoms with Gasteiger partial charge in [0.2, 0.25) is 5.91 Å². The Bertz CT molecular complexity index is 651. The summed E-state index contributed by atoms with van der Waals surface area (Å²) in [6, 6.07) is 7.28. The molecule has 1 aromatic carbocycles. The molecule has 0 fully saturated rings. The SMILES string of the molecule is CC(Sc1ccc(Cl)cn1)C(=O)Nc1ccc(F)cc1N. The molecule has 2 rings (SSSR count). The van der Waals surface area contributed by atoms with Gasteiger partial charge in [0, 0.05) is 6.20 Å².